The highest BCUT2D eigenvalue weighted by Crippen LogP contribution is 2.67. The number of hydrogen-bond acceptors (Lipinski definition) is 2. The van der Waals surface area contributed by atoms with Crippen LogP contribution in [0.25, 0.3) is 6.08 Å². The topological polar surface area (TPSA) is 40.5 Å². The SMILES string of the molecule is CC(C)c1ccc(/C=C2\C[C@H]3[C@@H]4CC[C@@H]5C[C@@H](O)CC[C@]5(C)[C@H]4CC[C@]3(C)[C@@H]2O)cc1. The summed E-state index contributed by atoms with van der Waals surface area (Å²) in [6.07, 6.45) is 11.1. The lowest BCUT2D eigenvalue weighted by molar-refractivity contribution is -0.133. The van der Waals surface area contributed by atoms with Crippen molar-refractivity contribution in [1.82, 2.24) is 0 Å². The molecule has 170 valence electrons. The summed E-state index contributed by atoms with van der Waals surface area (Å²) >= 11 is 0. The summed E-state index contributed by atoms with van der Waals surface area (Å²) in [5.41, 5.74) is 4.29. The maximum Gasteiger partial charge on any atom is 0.0809 e. The van der Waals surface area contributed by atoms with E-state index in [-0.39, 0.29) is 17.6 Å². The Balaban J connectivity index is 1.40. The molecule has 1 aromatic carbocycles. The number of fused-ring (bicyclic) bond motifs is 5. The molecule has 0 radical (unpaired) electrons. The van der Waals surface area contributed by atoms with Gasteiger partial charge in [0, 0.05) is 5.41 Å². The molecule has 2 heteroatoms. The Morgan fingerprint density at radius 2 is 1.61 bits per heavy atom. The minimum Gasteiger partial charge on any atom is -0.393 e. The van der Waals surface area contributed by atoms with Crippen molar-refractivity contribution in [2.45, 2.75) is 97.2 Å². The second-order valence-corrected chi connectivity index (χ2v) is 12.3. The molecule has 1 aromatic rings. The number of rotatable bonds is 2. The van der Waals surface area contributed by atoms with Gasteiger partial charge in [-0.3, -0.25) is 0 Å². The molecular formula is C29H42O2. The molecule has 0 bridgehead atoms. The fraction of sp³-hybridized carbons (Fsp3) is 0.724. The van der Waals surface area contributed by atoms with Crippen molar-refractivity contribution in [3.8, 4) is 0 Å². The molecule has 4 aliphatic rings. The summed E-state index contributed by atoms with van der Waals surface area (Å²) in [5.74, 6) is 3.36. The minimum atomic E-state index is -0.304. The summed E-state index contributed by atoms with van der Waals surface area (Å²) in [6, 6.07) is 8.93. The van der Waals surface area contributed by atoms with E-state index in [0.29, 0.717) is 23.2 Å². The van der Waals surface area contributed by atoms with Crippen LogP contribution in [0, 0.1) is 34.5 Å². The van der Waals surface area contributed by atoms with Gasteiger partial charge in [0.05, 0.1) is 12.2 Å². The molecule has 31 heavy (non-hydrogen) atoms. The molecule has 5 rings (SSSR count). The van der Waals surface area contributed by atoms with Crippen molar-refractivity contribution in [3.63, 3.8) is 0 Å². The zero-order valence-electron chi connectivity index (χ0n) is 20.0. The van der Waals surface area contributed by atoms with E-state index in [1.165, 1.54) is 42.4 Å². The Morgan fingerprint density at radius 1 is 0.903 bits per heavy atom. The van der Waals surface area contributed by atoms with Crippen LogP contribution in [-0.2, 0) is 0 Å². The Kier molecular flexibility index (Phi) is 5.42. The quantitative estimate of drug-likeness (QED) is 0.566. The van der Waals surface area contributed by atoms with Crippen molar-refractivity contribution in [1.29, 1.82) is 0 Å². The van der Waals surface area contributed by atoms with Crippen LogP contribution in [0.15, 0.2) is 29.8 Å². The Labute approximate surface area is 189 Å². The number of aliphatic hydroxyl groups is 2. The van der Waals surface area contributed by atoms with Crippen LogP contribution in [0.2, 0.25) is 0 Å². The zero-order chi connectivity index (χ0) is 22.0. The minimum absolute atomic E-state index is 0.0300. The van der Waals surface area contributed by atoms with Gasteiger partial charge in [-0.2, -0.15) is 0 Å². The first kappa shape index (κ1) is 21.7. The van der Waals surface area contributed by atoms with E-state index in [2.05, 4.69) is 58.0 Å². The van der Waals surface area contributed by atoms with Crippen LogP contribution in [-0.4, -0.2) is 22.4 Å². The van der Waals surface area contributed by atoms with Gasteiger partial charge in [-0.25, -0.2) is 0 Å². The highest BCUT2D eigenvalue weighted by Gasteiger charge is 2.61. The summed E-state index contributed by atoms with van der Waals surface area (Å²) in [7, 11) is 0. The van der Waals surface area contributed by atoms with Crippen LogP contribution in [0.1, 0.15) is 96.1 Å². The maximum atomic E-state index is 11.5. The van der Waals surface area contributed by atoms with Crippen LogP contribution in [0.3, 0.4) is 0 Å². The fourth-order valence-electron chi connectivity index (χ4n) is 8.43. The molecule has 4 saturated carbocycles. The van der Waals surface area contributed by atoms with Crippen molar-refractivity contribution in [3.05, 3.63) is 41.0 Å². The average molecular weight is 423 g/mol. The Morgan fingerprint density at radius 3 is 2.32 bits per heavy atom. The largest absolute Gasteiger partial charge is 0.393 e. The second kappa shape index (κ2) is 7.73. The second-order valence-electron chi connectivity index (χ2n) is 12.3. The molecule has 0 aromatic heterocycles. The van der Waals surface area contributed by atoms with Gasteiger partial charge in [0.15, 0.2) is 0 Å². The maximum absolute atomic E-state index is 11.5. The third-order valence-electron chi connectivity index (χ3n) is 10.5. The van der Waals surface area contributed by atoms with Crippen LogP contribution < -0.4 is 0 Å². The molecule has 0 unspecified atom stereocenters. The van der Waals surface area contributed by atoms with Crippen molar-refractivity contribution in [2.24, 2.45) is 34.5 Å². The van der Waals surface area contributed by atoms with Crippen LogP contribution in [0.4, 0.5) is 0 Å². The lowest BCUT2D eigenvalue weighted by Crippen LogP contribution is -2.54. The van der Waals surface area contributed by atoms with Gasteiger partial charge in [0.1, 0.15) is 0 Å². The van der Waals surface area contributed by atoms with Gasteiger partial charge >= 0.3 is 0 Å². The first-order chi connectivity index (χ1) is 14.7. The molecule has 2 N–H and O–H groups in total. The molecule has 2 nitrogen and oxygen atoms in total. The van der Waals surface area contributed by atoms with Gasteiger partial charge < -0.3 is 10.2 Å². The van der Waals surface area contributed by atoms with Crippen molar-refractivity contribution >= 4 is 6.08 Å². The molecule has 0 amide bonds. The summed E-state index contributed by atoms with van der Waals surface area (Å²) in [5, 5.41) is 21.7. The molecule has 0 saturated heterocycles. The average Bonchev–Trinajstić information content (AvgIpc) is 2.99. The molecule has 0 heterocycles. The fourth-order valence-corrected chi connectivity index (χ4v) is 8.43. The van der Waals surface area contributed by atoms with Gasteiger partial charge in [0.2, 0.25) is 0 Å². The van der Waals surface area contributed by atoms with E-state index in [1.807, 2.05) is 0 Å². The third-order valence-corrected chi connectivity index (χ3v) is 10.5. The molecule has 8 atom stereocenters. The van der Waals surface area contributed by atoms with E-state index >= 15 is 0 Å². The predicted octanol–water partition coefficient (Wildman–Crippen LogP) is 6.57. The molecule has 4 aliphatic carbocycles. The van der Waals surface area contributed by atoms with Crippen LogP contribution >= 0.6 is 0 Å². The van der Waals surface area contributed by atoms with Gasteiger partial charge in [-0.1, -0.05) is 58.0 Å². The van der Waals surface area contributed by atoms with E-state index < -0.39 is 0 Å². The highest BCUT2D eigenvalue weighted by atomic mass is 16.3. The van der Waals surface area contributed by atoms with E-state index in [1.54, 1.807) is 0 Å². The lowest BCUT2D eigenvalue weighted by atomic mass is 9.45. The summed E-state index contributed by atoms with van der Waals surface area (Å²) in [6.45, 7) is 9.39. The smallest absolute Gasteiger partial charge is 0.0809 e. The monoisotopic (exact) mass is 422 g/mol. The normalized spacial score (nSPS) is 46.0. The van der Waals surface area contributed by atoms with E-state index in [9.17, 15) is 10.2 Å². The molecule has 4 fully saturated rings. The first-order valence-electron chi connectivity index (χ1n) is 12.9. The lowest BCUT2D eigenvalue weighted by Gasteiger charge is -2.60. The standard InChI is InChI=1S/C29H42O2/c1-18(2)20-7-5-19(6-8-20)15-21-16-26-24-10-9-22-17-23(30)11-13-28(22,3)25(24)12-14-29(26,4)27(21)31/h5-8,15,18,22-27,30-31H,9-14,16-17H2,1-4H3/b21-15+/t22-,23+,24-,25+,26+,27-,28+,29+/m1/s1. The van der Waals surface area contributed by atoms with Crippen molar-refractivity contribution in [2.75, 3.05) is 0 Å². The van der Waals surface area contributed by atoms with Gasteiger partial charge in [0.25, 0.3) is 0 Å². The Hall–Kier alpha value is -1.12. The van der Waals surface area contributed by atoms with Crippen molar-refractivity contribution < 1.29 is 10.2 Å². The van der Waals surface area contributed by atoms with E-state index in [0.717, 1.165) is 37.5 Å². The number of benzene rings is 1. The zero-order valence-corrected chi connectivity index (χ0v) is 20.0. The first-order valence-corrected chi connectivity index (χ1v) is 12.9. The molecular weight excluding hydrogens is 380 g/mol. The molecule has 0 spiro atoms. The summed E-state index contributed by atoms with van der Waals surface area (Å²) < 4.78 is 0. The number of hydrogen-bond donors (Lipinski definition) is 2. The van der Waals surface area contributed by atoms with Gasteiger partial charge in [-0.05, 0) is 103 Å². The van der Waals surface area contributed by atoms with E-state index in [4.69, 9.17) is 0 Å². The van der Waals surface area contributed by atoms with Gasteiger partial charge in [-0.15, -0.1) is 0 Å². The molecule has 0 aliphatic heterocycles. The third kappa shape index (κ3) is 3.44. The van der Waals surface area contributed by atoms with Crippen LogP contribution in [0.5, 0.6) is 0 Å². The predicted molar refractivity (Wildman–Crippen MR) is 128 cm³/mol. The summed E-state index contributed by atoms with van der Waals surface area (Å²) in [4.78, 5) is 0. The number of aliphatic hydroxyl groups excluding tert-OH is 2. The highest BCUT2D eigenvalue weighted by molar-refractivity contribution is 5.56. The Bertz CT molecular complexity index is 839.